The van der Waals surface area contributed by atoms with E-state index in [0.717, 1.165) is 23.6 Å². The van der Waals surface area contributed by atoms with Crippen LogP contribution in [0.4, 0.5) is 5.82 Å². The van der Waals surface area contributed by atoms with Crippen molar-refractivity contribution in [3.05, 3.63) is 41.2 Å². The molecule has 0 aliphatic rings. The number of carbonyl (C=O) groups excluding carboxylic acids is 1. The van der Waals surface area contributed by atoms with Crippen molar-refractivity contribution in [3.63, 3.8) is 0 Å². The Kier molecular flexibility index (Phi) is 4.57. The number of furan rings is 1. The Morgan fingerprint density at radius 3 is 2.76 bits per heavy atom. The first-order chi connectivity index (χ1) is 10.0. The number of nitrogens with one attached hydrogen (secondary N) is 2. The molecular weight excluding hydrogens is 268 g/mol. The summed E-state index contributed by atoms with van der Waals surface area (Å²) in [6.07, 6.45) is 3.05. The second-order valence-electron chi connectivity index (χ2n) is 4.88. The summed E-state index contributed by atoms with van der Waals surface area (Å²) in [6.45, 7) is 8.37. The highest BCUT2D eigenvalue weighted by molar-refractivity contribution is 5.92. The van der Waals surface area contributed by atoms with E-state index in [9.17, 15) is 4.79 Å². The Morgan fingerprint density at radius 2 is 2.14 bits per heavy atom. The molecule has 1 unspecified atom stereocenters. The first-order valence-corrected chi connectivity index (χ1v) is 6.95. The van der Waals surface area contributed by atoms with Gasteiger partial charge in [-0.3, -0.25) is 9.78 Å². The van der Waals surface area contributed by atoms with Crippen LogP contribution < -0.4 is 10.6 Å². The molecule has 21 heavy (non-hydrogen) atoms. The van der Waals surface area contributed by atoms with Crippen molar-refractivity contribution in [3.8, 4) is 0 Å². The number of hydrogen-bond acceptors (Lipinski definition) is 5. The summed E-state index contributed by atoms with van der Waals surface area (Å²) in [5.74, 6) is 1.98. The van der Waals surface area contributed by atoms with Crippen LogP contribution in [0.5, 0.6) is 0 Å². The van der Waals surface area contributed by atoms with Gasteiger partial charge in [-0.1, -0.05) is 0 Å². The van der Waals surface area contributed by atoms with E-state index in [2.05, 4.69) is 20.6 Å². The van der Waals surface area contributed by atoms with Crippen molar-refractivity contribution in [2.75, 3.05) is 11.9 Å². The van der Waals surface area contributed by atoms with Crippen LogP contribution in [0.15, 0.2) is 22.9 Å². The highest BCUT2D eigenvalue weighted by atomic mass is 16.3. The van der Waals surface area contributed by atoms with E-state index in [4.69, 9.17) is 4.42 Å². The van der Waals surface area contributed by atoms with Crippen molar-refractivity contribution in [2.45, 2.75) is 33.7 Å². The average molecular weight is 288 g/mol. The number of anilines is 1. The molecule has 0 aliphatic carbocycles. The second kappa shape index (κ2) is 6.39. The molecule has 2 N–H and O–H groups in total. The molecule has 1 atom stereocenters. The van der Waals surface area contributed by atoms with Gasteiger partial charge in [-0.25, -0.2) is 4.98 Å². The Balaban J connectivity index is 2.10. The average Bonchev–Trinajstić information content (AvgIpc) is 2.78. The Bertz CT molecular complexity index is 636. The molecule has 0 radical (unpaired) electrons. The summed E-state index contributed by atoms with van der Waals surface area (Å²) in [5.41, 5.74) is 1.26. The maximum atomic E-state index is 12.2. The van der Waals surface area contributed by atoms with Crippen LogP contribution in [-0.2, 0) is 0 Å². The van der Waals surface area contributed by atoms with Crippen LogP contribution in [-0.4, -0.2) is 22.4 Å². The number of aromatic nitrogens is 2. The van der Waals surface area contributed by atoms with Crippen LogP contribution in [0.1, 0.15) is 47.5 Å². The van der Waals surface area contributed by atoms with Crippen molar-refractivity contribution < 1.29 is 9.21 Å². The number of aryl methyl sites for hydroxylation is 2. The number of hydrogen-bond donors (Lipinski definition) is 2. The summed E-state index contributed by atoms with van der Waals surface area (Å²) in [5, 5.41) is 5.94. The molecule has 2 aromatic heterocycles. The molecule has 112 valence electrons. The zero-order chi connectivity index (χ0) is 15.4. The molecule has 0 spiro atoms. The van der Waals surface area contributed by atoms with Crippen molar-refractivity contribution >= 4 is 11.7 Å². The Morgan fingerprint density at radius 1 is 1.38 bits per heavy atom. The van der Waals surface area contributed by atoms with E-state index >= 15 is 0 Å². The Hall–Kier alpha value is -2.37. The lowest BCUT2D eigenvalue weighted by molar-refractivity contribution is 0.0934. The maximum absolute atomic E-state index is 12.2. The van der Waals surface area contributed by atoms with Gasteiger partial charge in [0.25, 0.3) is 5.91 Å². The SMILES string of the molecule is CCNc1cncc(C(=O)NC(C)c2cc(C)oc2C)n1. The van der Waals surface area contributed by atoms with Gasteiger partial charge >= 0.3 is 0 Å². The molecule has 0 bridgehead atoms. The molecule has 2 rings (SSSR count). The second-order valence-corrected chi connectivity index (χ2v) is 4.88. The number of carbonyl (C=O) groups is 1. The molecular formula is C15H20N4O2. The van der Waals surface area contributed by atoms with Crippen LogP contribution in [0.2, 0.25) is 0 Å². The third-order valence-corrected chi connectivity index (χ3v) is 3.12. The van der Waals surface area contributed by atoms with Gasteiger partial charge in [0.05, 0.1) is 18.4 Å². The topological polar surface area (TPSA) is 80.0 Å². The van der Waals surface area contributed by atoms with Crippen LogP contribution >= 0.6 is 0 Å². The van der Waals surface area contributed by atoms with Gasteiger partial charge in [0.15, 0.2) is 0 Å². The fourth-order valence-electron chi connectivity index (χ4n) is 2.17. The van der Waals surface area contributed by atoms with E-state index in [-0.39, 0.29) is 17.6 Å². The minimum absolute atomic E-state index is 0.153. The third kappa shape index (κ3) is 3.59. The van der Waals surface area contributed by atoms with Gasteiger partial charge in [-0.05, 0) is 33.8 Å². The lowest BCUT2D eigenvalue weighted by Gasteiger charge is -2.13. The van der Waals surface area contributed by atoms with Gasteiger partial charge in [0.1, 0.15) is 23.0 Å². The molecule has 1 amide bonds. The first-order valence-electron chi connectivity index (χ1n) is 6.95. The molecule has 0 saturated carbocycles. The summed E-state index contributed by atoms with van der Waals surface area (Å²) >= 11 is 0. The summed E-state index contributed by atoms with van der Waals surface area (Å²) in [4.78, 5) is 20.5. The summed E-state index contributed by atoms with van der Waals surface area (Å²) in [7, 11) is 0. The summed E-state index contributed by atoms with van der Waals surface area (Å²) < 4.78 is 5.48. The molecule has 6 heteroatoms. The van der Waals surface area contributed by atoms with Gasteiger partial charge in [0, 0.05) is 12.1 Å². The fourth-order valence-corrected chi connectivity index (χ4v) is 2.17. The quantitative estimate of drug-likeness (QED) is 0.884. The first kappa shape index (κ1) is 15.0. The maximum Gasteiger partial charge on any atom is 0.272 e. The van der Waals surface area contributed by atoms with Crippen LogP contribution in [0, 0.1) is 13.8 Å². The van der Waals surface area contributed by atoms with E-state index in [1.54, 1.807) is 6.20 Å². The third-order valence-electron chi connectivity index (χ3n) is 3.12. The predicted octanol–water partition coefficient (Wildman–Crippen LogP) is 2.61. The van der Waals surface area contributed by atoms with Crippen LogP contribution in [0.3, 0.4) is 0 Å². The van der Waals surface area contributed by atoms with Gasteiger partial charge in [0.2, 0.25) is 0 Å². The van der Waals surface area contributed by atoms with E-state index in [0.29, 0.717) is 5.82 Å². The van der Waals surface area contributed by atoms with Crippen molar-refractivity contribution in [1.82, 2.24) is 15.3 Å². The van der Waals surface area contributed by atoms with E-state index in [1.165, 1.54) is 6.20 Å². The smallest absolute Gasteiger partial charge is 0.272 e. The highest BCUT2D eigenvalue weighted by Crippen LogP contribution is 2.21. The minimum atomic E-state index is -0.256. The molecule has 0 fully saturated rings. The Labute approximate surface area is 124 Å². The zero-order valence-electron chi connectivity index (χ0n) is 12.7. The minimum Gasteiger partial charge on any atom is -0.466 e. The molecule has 2 aromatic rings. The molecule has 2 heterocycles. The van der Waals surface area contributed by atoms with Gasteiger partial charge < -0.3 is 15.1 Å². The summed E-state index contributed by atoms with van der Waals surface area (Å²) in [6, 6.07) is 1.78. The molecule has 0 aromatic carbocycles. The molecule has 0 aliphatic heterocycles. The number of rotatable bonds is 5. The van der Waals surface area contributed by atoms with E-state index < -0.39 is 0 Å². The monoisotopic (exact) mass is 288 g/mol. The highest BCUT2D eigenvalue weighted by Gasteiger charge is 2.17. The van der Waals surface area contributed by atoms with Crippen molar-refractivity contribution in [2.24, 2.45) is 0 Å². The number of nitrogens with zero attached hydrogens (tertiary/aromatic N) is 2. The number of amides is 1. The fraction of sp³-hybridized carbons (Fsp3) is 0.400. The normalized spacial score (nSPS) is 12.0. The van der Waals surface area contributed by atoms with Crippen molar-refractivity contribution in [1.29, 1.82) is 0 Å². The lowest BCUT2D eigenvalue weighted by atomic mass is 10.1. The lowest BCUT2D eigenvalue weighted by Crippen LogP contribution is -2.28. The molecule has 6 nitrogen and oxygen atoms in total. The largest absolute Gasteiger partial charge is 0.466 e. The zero-order valence-corrected chi connectivity index (χ0v) is 12.7. The predicted molar refractivity (Wildman–Crippen MR) is 80.3 cm³/mol. The molecule has 0 saturated heterocycles. The van der Waals surface area contributed by atoms with E-state index in [1.807, 2.05) is 33.8 Å². The van der Waals surface area contributed by atoms with Crippen LogP contribution in [0.25, 0.3) is 0 Å². The standard InChI is InChI=1S/C15H20N4O2/c1-5-17-14-8-16-7-13(19-14)15(20)18-10(3)12-6-9(2)21-11(12)4/h6-8,10H,5H2,1-4H3,(H,17,19)(H,18,20). The van der Waals surface area contributed by atoms with Gasteiger partial charge in [-0.15, -0.1) is 0 Å². The van der Waals surface area contributed by atoms with Gasteiger partial charge in [-0.2, -0.15) is 0 Å².